The summed E-state index contributed by atoms with van der Waals surface area (Å²) in [6, 6.07) is 0. The Morgan fingerprint density at radius 1 is 0.538 bits per heavy atom. The van der Waals surface area contributed by atoms with Crippen LogP contribution >= 0.6 is 0 Å². The molecule has 0 unspecified atom stereocenters. The second kappa shape index (κ2) is 20.2. The molecule has 0 amide bonds. The van der Waals surface area contributed by atoms with Gasteiger partial charge in [-0.1, -0.05) is 84.0 Å². The van der Waals surface area contributed by atoms with Gasteiger partial charge in [-0.2, -0.15) is 0 Å². The van der Waals surface area contributed by atoms with E-state index in [0.29, 0.717) is 0 Å². The number of unbranched alkanes of at least 4 members (excludes halogenated alkanes) is 13. The fourth-order valence-electron chi connectivity index (χ4n) is 2.78. The van der Waals surface area contributed by atoms with Crippen LogP contribution in [0.4, 0.5) is 0 Å². The summed E-state index contributed by atoms with van der Waals surface area (Å²) < 4.78 is 1.12. The zero-order valence-electron chi connectivity index (χ0n) is 17.7. The van der Waals surface area contributed by atoms with Crippen molar-refractivity contribution in [3.8, 4) is 0 Å². The number of rotatable bonds is 15. The van der Waals surface area contributed by atoms with Gasteiger partial charge in [-0.25, -0.2) is 0 Å². The molecule has 0 bridgehead atoms. The molecule has 7 heteroatoms. The zero-order chi connectivity index (χ0) is 19.6. The lowest BCUT2D eigenvalue weighted by atomic mass is 10.0. The maximum atomic E-state index is 7.33. The highest BCUT2D eigenvalue weighted by molar-refractivity contribution is 6.46. The number of halogens is 1. The van der Waals surface area contributed by atoms with Gasteiger partial charge in [0, 0.05) is 0 Å². The molecule has 0 aliphatic carbocycles. The Hall–Kier alpha value is 0.497. The average Bonchev–Trinajstić information content (AvgIpc) is 2.45. The van der Waals surface area contributed by atoms with Crippen LogP contribution in [0.5, 0.6) is 0 Å². The van der Waals surface area contributed by atoms with E-state index >= 15 is 0 Å². The minimum atomic E-state index is -4.61. The summed E-state index contributed by atoms with van der Waals surface area (Å²) in [5.41, 5.74) is 0. The van der Waals surface area contributed by atoms with E-state index in [1.165, 1.54) is 96.4 Å². The molecule has 0 rings (SSSR count). The van der Waals surface area contributed by atoms with Gasteiger partial charge in [0.1, 0.15) is 0 Å². The van der Waals surface area contributed by atoms with Gasteiger partial charge in [-0.3, -0.25) is 0 Å². The van der Waals surface area contributed by atoms with Crippen LogP contribution in [0.2, 0.25) is 0 Å². The largest absolute Gasteiger partial charge is 1.00 e. The summed E-state index contributed by atoms with van der Waals surface area (Å²) in [5, 5.41) is 0. The van der Waals surface area contributed by atoms with Crippen LogP contribution in [0.1, 0.15) is 96.8 Å². The van der Waals surface area contributed by atoms with Gasteiger partial charge >= 0.3 is 9.05 Å². The van der Waals surface area contributed by atoms with E-state index in [0.717, 1.165) is 4.48 Å². The van der Waals surface area contributed by atoms with E-state index in [1.807, 2.05) is 0 Å². The van der Waals surface area contributed by atoms with Crippen molar-refractivity contribution >= 4 is 9.05 Å². The molecule has 0 aromatic carbocycles. The molecule has 4 N–H and O–H groups in total. The highest BCUT2D eigenvalue weighted by atomic mass is 79.9. The molecule has 0 heterocycles. The minimum Gasteiger partial charge on any atom is -1.00 e. The molecule has 162 valence electrons. The number of hydrogen-bond donors (Lipinski definition) is 4. The van der Waals surface area contributed by atoms with Gasteiger partial charge in [-0.15, -0.1) is 0 Å². The van der Waals surface area contributed by atoms with Crippen LogP contribution in [0.15, 0.2) is 0 Å². The van der Waals surface area contributed by atoms with Crippen molar-refractivity contribution < 1.29 is 40.6 Å². The van der Waals surface area contributed by atoms with Crippen molar-refractivity contribution in [2.75, 3.05) is 27.7 Å². The third kappa shape index (κ3) is 44.2. The van der Waals surface area contributed by atoms with Gasteiger partial charge in [0.25, 0.3) is 0 Å². The maximum absolute atomic E-state index is 7.33. The van der Waals surface area contributed by atoms with Gasteiger partial charge < -0.3 is 40.6 Å². The lowest BCUT2D eigenvalue weighted by molar-refractivity contribution is -0.870. The third-order valence-corrected chi connectivity index (χ3v) is 4.18. The Labute approximate surface area is 174 Å². The predicted molar refractivity (Wildman–Crippen MR) is 108 cm³/mol. The molecule has 0 fully saturated rings. The van der Waals surface area contributed by atoms with Crippen molar-refractivity contribution in [1.82, 2.24) is 0 Å². The highest BCUT2D eigenvalue weighted by Gasteiger charge is 2.22. The van der Waals surface area contributed by atoms with Gasteiger partial charge in [0.15, 0.2) is 0 Å². The Morgan fingerprint density at radius 3 is 1.00 bits per heavy atom. The predicted octanol–water partition coefficient (Wildman–Crippen LogP) is 0.569. The molecular formula is C19H46BrNO4Si. The first-order chi connectivity index (χ1) is 11.6. The van der Waals surface area contributed by atoms with Crippen LogP contribution in [0.3, 0.4) is 0 Å². The minimum absolute atomic E-state index is 0. The zero-order valence-corrected chi connectivity index (χ0v) is 20.3. The van der Waals surface area contributed by atoms with Crippen molar-refractivity contribution in [2.24, 2.45) is 0 Å². The standard InChI is InChI=1S/C19H42N.BrH.H4O4Si/c1-5-6-7-8-9-10-11-12-13-14-15-16-17-18-19-20(2,3)4;;1-5(2,3)4/h5-19H2,1-4H3;1H;1-4H/q+1;;/p-1. The molecule has 5 nitrogen and oxygen atoms in total. The molecule has 0 aliphatic heterocycles. The third-order valence-electron chi connectivity index (χ3n) is 4.18. The van der Waals surface area contributed by atoms with Crippen molar-refractivity contribution in [1.29, 1.82) is 0 Å². The molecule has 0 atom stereocenters. The molecule has 0 aromatic rings. The first-order valence-electron chi connectivity index (χ1n) is 10.3. The lowest BCUT2D eigenvalue weighted by Crippen LogP contribution is -3.00. The summed E-state index contributed by atoms with van der Waals surface area (Å²) in [7, 11) is 2.27. The Kier molecular flexibility index (Phi) is 24.3. The van der Waals surface area contributed by atoms with Gasteiger partial charge in [-0.05, 0) is 12.8 Å². The second-order valence-corrected chi connectivity index (χ2v) is 9.41. The monoisotopic (exact) mass is 459 g/mol. The summed E-state index contributed by atoms with van der Waals surface area (Å²) in [6.07, 6.45) is 20.4. The van der Waals surface area contributed by atoms with E-state index in [2.05, 4.69) is 28.1 Å². The normalized spacial score (nSPS) is 11.5. The first-order valence-corrected chi connectivity index (χ1v) is 12.0. The molecule has 26 heavy (non-hydrogen) atoms. The molecule has 0 saturated carbocycles. The van der Waals surface area contributed by atoms with Gasteiger partial charge in [0.2, 0.25) is 0 Å². The van der Waals surface area contributed by atoms with Crippen LogP contribution in [0.25, 0.3) is 0 Å². The summed E-state index contributed by atoms with van der Waals surface area (Å²) in [6.45, 7) is 3.63. The van der Waals surface area contributed by atoms with Crippen LogP contribution < -0.4 is 17.0 Å². The Bertz CT molecular complexity index is 265. The number of hydrogen-bond acceptors (Lipinski definition) is 4. The molecule has 0 spiro atoms. The van der Waals surface area contributed by atoms with Crippen LogP contribution in [-0.4, -0.2) is 60.4 Å². The average molecular weight is 461 g/mol. The fourth-order valence-corrected chi connectivity index (χ4v) is 2.78. The SMILES string of the molecule is CCCCCCCCCCCCCCCC[N+](C)(C)C.O[Si](O)(O)O.[Br-]. The van der Waals surface area contributed by atoms with Gasteiger partial charge in [0.05, 0.1) is 27.7 Å². The number of quaternary nitrogens is 1. The molecule has 0 saturated heterocycles. The van der Waals surface area contributed by atoms with E-state index in [4.69, 9.17) is 19.2 Å². The van der Waals surface area contributed by atoms with Crippen LogP contribution in [0, 0.1) is 0 Å². The first kappa shape index (κ1) is 31.2. The number of nitrogens with zero attached hydrogens (tertiary/aromatic N) is 1. The quantitative estimate of drug-likeness (QED) is 0.164. The fraction of sp³-hybridized carbons (Fsp3) is 1.00. The second-order valence-electron chi connectivity index (χ2n) is 8.21. The summed E-state index contributed by atoms with van der Waals surface area (Å²) in [4.78, 5) is 29.3. The Balaban J connectivity index is -0.000000772. The van der Waals surface area contributed by atoms with E-state index < -0.39 is 9.05 Å². The van der Waals surface area contributed by atoms with Crippen molar-refractivity contribution in [3.05, 3.63) is 0 Å². The van der Waals surface area contributed by atoms with E-state index in [1.54, 1.807) is 0 Å². The molecule has 0 radical (unpaired) electrons. The lowest BCUT2D eigenvalue weighted by Gasteiger charge is -2.23. The van der Waals surface area contributed by atoms with Crippen molar-refractivity contribution in [2.45, 2.75) is 96.8 Å². The van der Waals surface area contributed by atoms with Crippen molar-refractivity contribution in [3.63, 3.8) is 0 Å². The molecular weight excluding hydrogens is 414 g/mol. The maximum Gasteiger partial charge on any atom is 0.668 e. The summed E-state index contributed by atoms with van der Waals surface area (Å²) in [5.74, 6) is 0. The molecule has 0 aliphatic rings. The van der Waals surface area contributed by atoms with Crippen LogP contribution in [-0.2, 0) is 0 Å². The van der Waals surface area contributed by atoms with E-state index in [-0.39, 0.29) is 17.0 Å². The smallest absolute Gasteiger partial charge is 0.668 e. The summed E-state index contributed by atoms with van der Waals surface area (Å²) >= 11 is 0. The Morgan fingerprint density at radius 2 is 0.769 bits per heavy atom. The molecule has 0 aromatic heterocycles. The highest BCUT2D eigenvalue weighted by Crippen LogP contribution is 2.13. The van der Waals surface area contributed by atoms with E-state index in [9.17, 15) is 0 Å². The topological polar surface area (TPSA) is 80.9 Å².